The summed E-state index contributed by atoms with van der Waals surface area (Å²) < 4.78 is 5.38. The molecule has 0 saturated heterocycles. The Kier molecular flexibility index (Phi) is 2.82. The molecule has 0 heterocycles. The molecule has 0 radical (unpaired) electrons. The molecule has 0 aliphatic carbocycles. The third-order valence-electron chi connectivity index (χ3n) is 2.75. The maximum Gasteiger partial charge on any atom is 0.127 e. The van der Waals surface area contributed by atoms with Crippen LogP contribution < -0.4 is 10.5 Å². The number of nitrogens with two attached hydrogens (primary N) is 1. The molecule has 0 fully saturated rings. The van der Waals surface area contributed by atoms with Crippen LogP contribution in [-0.2, 0) is 0 Å². The minimum atomic E-state index is 0.791. The number of anilines is 1. The van der Waals surface area contributed by atoms with Gasteiger partial charge in [-0.05, 0) is 30.2 Å². The van der Waals surface area contributed by atoms with Crippen molar-refractivity contribution in [1.82, 2.24) is 0 Å². The van der Waals surface area contributed by atoms with Crippen LogP contribution in [0.2, 0.25) is 0 Å². The van der Waals surface area contributed by atoms with Gasteiger partial charge in [0.05, 0.1) is 7.11 Å². The minimum absolute atomic E-state index is 0.791. The lowest BCUT2D eigenvalue weighted by atomic mass is 9.98. The fourth-order valence-electron chi connectivity index (χ4n) is 1.84. The van der Waals surface area contributed by atoms with Crippen LogP contribution in [0.3, 0.4) is 0 Å². The van der Waals surface area contributed by atoms with E-state index >= 15 is 0 Å². The summed E-state index contributed by atoms with van der Waals surface area (Å²) in [4.78, 5) is 0. The molecule has 2 heteroatoms. The van der Waals surface area contributed by atoms with Crippen LogP contribution in [0.15, 0.2) is 42.5 Å². The molecule has 2 rings (SSSR count). The van der Waals surface area contributed by atoms with Gasteiger partial charge in [0.2, 0.25) is 0 Å². The fourth-order valence-corrected chi connectivity index (χ4v) is 1.84. The standard InChI is InChI=1S/C14H15NO/c1-10-12(15)8-9-13(16-2)14(10)11-6-4-3-5-7-11/h3-9H,15H2,1-2H3. The zero-order chi connectivity index (χ0) is 11.5. The molecule has 16 heavy (non-hydrogen) atoms. The first-order valence-electron chi connectivity index (χ1n) is 5.22. The summed E-state index contributed by atoms with van der Waals surface area (Å²) in [5.74, 6) is 0.859. The molecule has 0 unspecified atom stereocenters. The summed E-state index contributed by atoms with van der Waals surface area (Å²) in [6.07, 6.45) is 0. The molecule has 0 bridgehead atoms. The first-order valence-corrected chi connectivity index (χ1v) is 5.22. The summed E-state index contributed by atoms with van der Waals surface area (Å²) in [5, 5.41) is 0. The third-order valence-corrected chi connectivity index (χ3v) is 2.75. The van der Waals surface area contributed by atoms with Gasteiger partial charge in [0, 0.05) is 11.3 Å². The van der Waals surface area contributed by atoms with Gasteiger partial charge < -0.3 is 10.5 Å². The van der Waals surface area contributed by atoms with Gasteiger partial charge in [-0.3, -0.25) is 0 Å². The molecule has 2 aromatic carbocycles. The van der Waals surface area contributed by atoms with E-state index in [0.29, 0.717) is 0 Å². The summed E-state index contributed by atoms with van der Waals surface area (Å²) in [6.45, 7) is 2.01. The average Bonchev–Trinajstić information content (AvgIpc) is 2.33. The Balaban J connectivity index is 2.67. The van der Waals surface area contributed by atoms with E-state index in [1.165, 1.54) is 0 Å². The highest BCUT2D eigenvalue weighted by Crippen LogP contribution is 2.35. The topological polar surface area (TPSA) is 35.2 Å². The van der Waals surface area contributed by atoms with Crippen LogP contribution in [0.5, 0.6) is 5.75 Å². The predicted octanol–water partition coefficient (Wildman–Crippen LogP) is 3.25. The summed E-state index contributed by atoms with van der Waals surface area (Å²) >= 11 is 0. The van der Waals surface area contributed by atoms with Crippen molar-refractivity contribution in [2.45, 2.75) is 6.92 Å². The van der Waals surface area contributed by atoms with E-state index in [0.717, 1.165) is 28.1 Å². The molecule has 0 aliphatic rings. The van der Waals surface area contributed by atoms with Crippen LogP contribution in [0.4, 0.5) is 5.69 Å². The highest BCUT2D eigenvalue weighted by atomic mass is 16.5. The second-order valence-corrected chi connectivity index (χ2v) is 3.72. The lowest BCUT2D eigenvalue weighted by Gasteiger charge is -2.13. The number of hydrogen-bond acceptors (Lipinski definition) is 2. The number of hydrogen-bond donors (Lipinski definition) is 1. The second kappa shape index (κ2) is 4.27. The molecule has 0 atom stereocenters. The SMILES string of the molecule is COc1ccc(N)c(C)c1-c1ccccc1. The molecular weight excluding hydrogens is 198 g/mol. The molecule has 2 nitrogen and oxygen atoms in total. The molecule has 2 N–H and O–H groups in total. The Morgan fingerprint density at radius 3 is 2.31 bits per heavy atom. The lowest BCUT2D eigenvalue weighted by Crippen LogP contribution is -1.96. The molecule has 2 aromatic rings. The average molecular weight is 213 g/mol. The predicted molar refractivity (Wildman–Crippen MR) is 67.6 cm³/mol. The number of benzene rings is 2. The highest BCUT2D eigenvalue weighted by molar-refractivity contribution is 5.78. The molecular formula is C14H15NO. The Labute approximate surface area is 95.7 Å². The van der Waals surface area contributed by atoms with Gasteiger partial charge in [-0.2, -0.15) is 0 Å². The van der Waals surface area contributed by atoms with Gasteiger partial charge in [-0.25, -0.2) is 0 Å². The summed E-state index contributed by atoms with van der Waals surface area (Å²) in [7, 11) is 1.68. The minimum Gasteiger partial charge on any atom is -0.496 e. The van der Waals surface area contributed by atoms with Crippen molar-refractivity contribution in [2.75, 3.05) is 12.8 Å². The summed E-state index contributed by atoms with van der Waals surface area (Å²) in [5.41, 5.74) is 9.98. The fraction of sp³-hybridized carbons (Fsp3) is 0.143. The lowest BCUT2D eigenvalue weighted by molar-refractivity contribution is 0.416. The number of rotatable bonds is 2. The van der Waals surface area contributed by atoms with Gasteiger partial charge in [0.1, 0.15) is 5.75 Å². The van der Waals surface area contributed by atoms with Crippen molar-refractivity contribution in [2.24, 2.45) is 0 Å². The van der Waals surface area contributed by atoms with E-state index in [1.807, 2.05) is 37.3 Å². The van der Waals surface area contributed by atoms with E-state index in [2.05, 4.69) is 12.1 Å². The monoisotopic (exact) mass is 213 g/mol. The first kappa shape index (κ1) is 10.6. The Morgan fingerprint density at radius 1 is 1.00 bits per heavy atom. The van der Waals surface area contributed by atoms with Gasteiger partial charge in [0.25, 0.3) is 0 Å². The van der Waals surface area contributed by atoms with Crippen molar-refractivity contribution < 1.29 is 4.74 Å². The number of methoxy groups -OCH3 is 1. The van der Waals surface area contributed by atoms with Crippen molar-refractivity contribution in [1.29, 1.82) is 0 Å². The van der Waals surface area contributed by atoms with Crippen LogP contribution in [-0.4, -0.2) is 7.11 Å². The molecule has 0 spiro atoms. The Bertz CT molecular complexity index is 492. The second-order valence-electron chi connectivity index (χ2n) is 3.72. The molecule has 0 aromatic heterocycles. The number of ether oxygens (including phenoxy) is 1. The van der Waals surface area contributed by atoms with Crippen molar-refractivity contribution in [3.63, 3.8) is 0 Å². The zero-order valence-electron chi connectivity index (χ0n) is 9.53. The van der Waals surface area contributed by atoms with Gasteiger partial charge >= 0.3 is 0 Å². The van der Waals surface area contributed by atoms with Crippen LogP contribution in [0.25, 0.3) is 11.1 Å². The third kappa shape index (κ3) is 1.74. The molecule has 82 valence electrons. The highest BCUT2D eigenvalue weighted by Gasteiger charge is 2.10. The van der Waals surface area contributed by atoms with E-state index in [1.54, 1.807) is 7.11 Å². The van der Waals surface area contributed by atoms with E-state index < -0.39 is 0 Å². The quantitative estimate of drug-likeness (QED) is 0.777. The van der Waals surface area contributed by atoms with Gasteiger partial charge in [0.15, 0.2) is 0 Å². The Morgan fingerprint density at radius 2 is 1.69 bits per heavy atom. The van der Waals surface area contributed by atoms with E-state index in [4.69, 9.17) is 10.5 Å². The zero-order valence-corrected chi connectivity index (χ0v) is 9.53. The maximum atomic E-state index is 5.93. The molecule has 0 saturated carbocycles. The van der Waals surface area contributed by atoms with Crippen LogP contribution in [0, 0.1) is 6.92 Å². The van der Waals surface area contributed by atoms with Crippen LogP contribution in [0.1, 0.15) is 5.56 Å². The Hall–Kier alpha value is -1.96. The van der Waals surface area contributed by atoms with Crippen molar-refractivity contribution in [3.05, 3.63) is 48.0 Å². The van der Waals surface area contributed by atoms with Gasteiger partial charge in [-0.1, -0.05) is 30.3 Å². The normalized spacial score (nSPS) is 10.1. The first-order chi connectivity index (χ1) is 7.74. The number of nitrogen functional groups attached to an aromatic ring is 1. The van der Waals surface area contributed by atoms with Crippen molar-refractivity contribution >= 4 is 5.69 Å². The smallest absolute Gasteiger partial charge is 0.127 e. The summed E-state index contributed by atoms with van der Waals surface area (Å²) in [6, 6.07) is 13.9. The largest absolute Gasteiger partial charge is 0.496 e. The van der Waals surface area contributed by atoms with Crippen LogP contribution >= 0.6 is 0 Å². The molecule has 0 aliphatic heterocycles. The maximum absolute atomic E-state index is 5.93. The van der Waals surface area contributed by atoms with Gasteiger partial charge in [-0.15, -0.1) is 0 Å². The van der Waals surface area contributed by atoms with Crippen molar-refractivity contribution in [3.8, 4) is 16.9 Å². The van der Waals surface area contributed by atoms with E-state index in [9.17, 15) is 0 Å². The molecule has 0 amide bonds. The van der Waals surface area contributed by atoms with E-state index in [-0.39, 0.29) is 0 Å².